The van der Waals surface area contributed by atoms with Crippen LogP contribution in [0.2, 0.25) is 0 Å². The molecule has 5 heteroatoms. The van der Waals surface area contributed by atoms with Gasteiger partial charge in [-0.2, -0.15) is 0 Å². The summed E-state index contributed by atoms with van der Waals surface area (Å²) in [7, 11) is 0. The highest BCUT2D eigenvalue weighted by atomic mass is 16.4. The first-order valence-electron chi connectivity index (χ1n) is 5.35. The molecule has 0 aromatic carbocycles. The molecule has 0 aromatic heterocycles. The number of aliphatic carboxylic acids is 1. The van der Waals surface area contributed by atoms with E-state index in [4.69, 9.17) is 5.11 Å². The highest BCUT2D eigenvalue weighted by Crippen LogP contribution is 2.52. The van der Waals surface area contributed by atoms with E-state index >= 15 is 0 Å². The first kappa shape index (κ1) is 9.57. The molecule has 2 bridgehead atoms. The van der Waals surface area contributed by atoms with Crippen LogP contribution in [-0.2, 0) is 14.4 Å². The molecule has 3 rings (SSSR count). The first-order valence-corrected chi connectivity index (χ1v) is 5.35. The summed E-state index contributed by atoms with van der Waals surface area (Å²) in [6.45, 7) is -0.496. The first-order chi connectivity index (χ1) is 7.59. The van der Waals surface area contributed by atoms with Gasteiger partial charge in [-0.15, -0.1) is 0 Å². The van der Waals surface area contributed by atoms with Crippen molar-refractivity contribution in [3.05, 3.63) is 12.2 Å². The van der Waals surface area contributed by atoms with Gasteiger partial charge < -0.3 is 5.11 Å². The molecule has 1 N–H and O–H groups in total. The third-order valence-corrected chi connectivity index (χ3v) is 3.86. The quantitative estimate of drug-likeness (QED) is 0.521. The molecule has 16 heavy (non-hydrogen) atoms. The normalized spacial score (nSPS) is 39.6. The Morgan fingerprint density at radius 1 is 1.25 bits per heavy atom. The van der Waals surface area contributed by atoms with Crippen molar-refractivity contribution in [3.63, 3.8) is 0 Å². The molecule has 1 saturated heterocycles. The molecule has 5 nitrogen and oxygen atoms in total. The Labute approximate surface area is 91.7 Å². The van der Waals surface area contributed by atoms with E-state index in [0.29, 0.717) is 0 Å². The summed E-state index contributed by atoms with van der Waals surface area (Å²) in [6, 6.07) is 0. The van der Waals surface area contributed by atoms with Crippen LogP contribution in [0.1, 0.15) is 6.42 Å². The van der Waals surface area contributed by atoms with E-state index in [1.165, 1.54) is 0 Å². The van der Waals surface area contributed by atoms with Crippen LogP contribution >= 0.6 is 0 Å². The van der Waals surface area contributed by atoms with Crippen molar-refractivity contribution in [2.24, 2.45) is 23.7 Å². The topological polar surface area (TPSA) is 74.7 Å². The Kier molecular flexibility index (Phi) is 1.75. The van der Waals surface area contributed by atoms with E-state index in [-0.39, 0.29) is 35.5 Å². The number of allylic oxidation sites excluding steroid dienone is 2. The van der Waals surface area contributed by atoms with Crippen molar-refractivity contribution < 1.29 is 19.5 Å². The molecule has 3 aliphatic rings. The second-order valence-corrected chi connectivity index (χ2v) is 4.66. The predicted octanol–water partition coefficient (Wildman–Crippen LogP) is -0.122. The maximum absolute atomic E-state index is 11.9. The van der Waals surface area contributed by atoms with Gasteiger partial charge in [-0.1, -0.05) is 12.2 Å². The van der Waals surface area contributed by atoms with E-state index in [1.807, 2.05) is 12.2 Å². The van der Waals surface area contributed by atoms with Gasteiger partial charge in [-0.3, -0.25) is 19.3 Å². The average Bonchev–Trinajstić information content (AvgIpc) is 2.87. The van der Waals surface area contributed by atoms with Crippen molar-refractivity contribution in [2.45, 2.75) is 6.42 Å². The summed E-state index contributed by atoms with van der Waals surface area (Å²) in [6.07, 6.45) is 4.84. The standard InChI is InChI=1S/C11H11NO4/c13-7(14)4-12-10(15)8-5-1-2-6(3-5)9(8)11(12)16/h1-2,5-6,8-9H,3-4H2,(H,13,14)/t5-,6-,8-,9-/m0/s1. The maximum atomic E-state index is 11.9. The fraction of sp³-hybridized carbons (Fsp3) is 0.545. The smallest absolute Gasteiger partial charge is 0.323 e. The number of carbonyl (C=O) groups is 3. The fourth-order valence-electron chi connectivity index (χ4n) is 3.26. The molecular formula is C11H11NO4. The number of carboxylic acid groups (broad SMARTS) is 1. The molecule has 1 aliphatic heterocycles. The van der Waals surface area contributed by atoms with Crippen molar-refractivity contribution in [1.82, 2.24) is 4.90 Å². The molecule has 2 aliphatic carbocycles. The average molecular weight is 221 g/mol. The number of nitrogens with zero attached hydrogens (tertiary/aromatic N) is 1. The highest BCUT2D eigenvalue weighted by molar-refractivity contribution is 6.08. The number of carboxylic acids is 1. The minimum atomic E-state index is -1.14. The second-order valence-electron chi connectivity index (χ2n) is 4.66. The number of fused-ring (bicyclic) bond motifs is 5. The number of hydrogen-bond donors (Lipinski definition) is 1. The monoisotopic (exact) mass is 221 g/mol. The van der Waals surface area contributed by atoms with Crippen LogP contribution in [0.4, 0.5) is 0 Å². The van der Waals surface area contributed by atoms with E-state index in [0.717, 1.165) is 11.3 Å². The molecule has 0 unspecified atom stereocenters. The van der Waals surface area contributed by atoms with Crippen LogP contribution in [0.3, 0.4) is 0 Å². The van der Waals surface area contributed by atoms with Gasteiger partial charge in [0.05, 0.1) is 11.8 Å². The predicted molar refractivity (Wildman–Crippen MR) is 52.1 cm³/mol. The highest BCUT2D eigenvalue weighted by Gasteiger charge is 2.59. The fourth-order valence-corrected chi connectivity index (χ4v) is 3.26. The lowest BCUT2D eigenvalue weighted by Gasteiger charge is -2.14. The molecule has 0 spiro atoms. The Balaban J connectivity index is 1.91. The SMILES string of the molecule is O=C(O)CN1C(=O)[C@@H]2[C@@H](C1=O)[C@H]1C=C[C@H]2C1. The third-order valence-electron chi connectivity index (χ3n) is 3.86. The third kappa shape index (κ3) is 1.03. The second kappa shape index (κ2) is 2.93. The van der Waals surface area contributed by atoms with Crippen molar-refractivity contribution in [3.8, 4) is 0 Å². The summed E-state index contributed by atoms with van der Waals surface area (Å²) in [5, 5.41) is 8.66. The molecule has 1 saturated carbocycles. The van der Waals surface area contributed by atoms with Crippen LogP contribution in [0.25, 0.3) is 0 Å². The van der Waals surface area contributed by atoms with Crippen LogP contribution in [-0.4, -0.2) is 34.3 Å². The van der Waals surface area contributed by atoms with Crippen LogP contribution < -0.4 is 0 Å². The zero-order chi connectivity index (χ0) is 11.4. The van der Waals surface area contributed by atoms with Gasteiger partial charge in [0.25, 0.3) is 0 Å². The van der Waals surface area contributed by atoms with Crippen LogP contribution in [0.15, 0.2) is 12.2 Å². The summed E-state index contributed by atoms with van der Waals surface area (Å²) in [4.78, 5) is 35.4. The zero-order valence-corrected chi connectivity index (χ0v) is 8.50. The molecule has 84 valence electrons. The lowest BCUT2D eigenvalue weighted by atomic mass is 9.85. The largest absolute Gasteiger partial charge is 0.480 e. The van der Waals surface area contributed by atoms with Gasteiger partial charge in [0, 0.05) is 0 Å². The van der Waals surface area contributed by atoms with Gasteiger partial charge in [-0.05, 0) is 18.3 Å². The Morgan fingerprint density at radius 2 is 1.75 bits per heavy atom. The van der Waals surface area contributed by atoms with Gasteiger partial charge in [0.15, 0.2) is 0 Å². The van der Waals surface area contributed by atoms with Crippen molar-refractivity contribution >= 4 is 17.8 Å². The van der Waals surface area contributed by atoms with Crippen molar-refractivity contribution in [1.29, 1.82) is 0 Å². The number of rotatable bonds is 2. The number of hydrogen-bond acceptors (Lipinski definition) is 3. The van der Waals surface area contributed by atoms with Crippen LogP contribution in [0, 0.1) is 23.7 Å². The van der Waals surface area contributed by atoms with Crippen molar-refractivity contribution in [2.75, 3.05) is 6.54 Å². The Hall–Kier alpha value is -1.65. The lowest BCUT2D eigenvalue weighted by molar-refractivity contribution is -0.149. The summed E-state index contributed by atoms with van der Waals surface area (Å²) >= 11 is 0. The summed E-state index contributed by atoms with van der Waals surface area (Å²) < 4.78 is 0. The number of likely N-dealkylation sites (tertiary alicyclic amines) is 1. The van der Waals surface area contributed by atoms with E-state index < -0.39 is 12.5 Å². The molecule has 0 aromatic rings. The molecule has 0 radical (unpaired) electrons. The van der Waals surface area contributed by atoms with Gasteiger partial charge in [0.1, 0.15) is 6.54 Å². The molecular weight excluding hydrogens is 210 g/mol. The number of amides is 2. The van der Waals surface area contributed by atoms with Gasteiger partial charge in [0.2, 0.25) is 11.8 Å². The Bertz CT molecular complexity index is 398. The minimum absolute atomic E-state index is 0.144. The summed E-state index contributed by atoms with van der Waals surface area (Å²) in [5.74, 6) is -2.02. The number of imide groups is 1. The van der Waals surface area contributed by atoms with Gasteiger partial charge >= 0.3 is 5.97 Å². The summed E-state index contributed by atoms with van der Waals surface area (Å²) in [5.41, 5.74) is 0. The molecule has 2 amide bonds. The zero-order valence-electron chi connectivity index (χ0n) is 8.50. The van der Waals surface area contributed by atoms with Gasteiger partial charge in [-0.25, -0.2) is 0 Å². The maximum Gasteiger partial charge on any atom is 0.323 e. The van der Waals surface area contributed by atoms with E-state index in [2.05, 4.69) is 0 Å². The molecule has 2 fully saturated rings. The minimum Gasteiger partial charge on any atom is -0.480 e. The van der Waals surface area contributed by atoms with E-state index in [1.54, 1.807) is 0 Å². The number of carbonyl (C=O) groups excluding carboxylic acids is 2. The lowest BCUT2D eigenvalue weighted by Crippen LogP contribution is -2.37. The molecule has 4 atom stereocenters. The van der Waals surface area contributed by atoms with E-state index in [9.17, 15) is 14.4 Å². The van der Waals surface area contributed by atoms with Crippen LogP contribution in [0.5, 0.6) is 0 Å². The molecule has 1 heterocycles. The Morgan fingerprint density at radius 3 is 2.19 bits per heavy atom.